The van der Waals surface area contributed by atoms with Crippen LogP contribution < -0.4 is 5.43 Å². The van der Waals surface area contributed by atoms with E-state index in [9.17, 15) is 14.0 Å². The molecule has 1 aromatic carbocycles. The van der Waals surface area contributed by atoms with Gasteiger partial charge in [0.05, 0.1) is 17.6 Å². The SMILES string of the molecule is COC(=O)c1c[nH]c2cc(F)c(Cl)cc2c1=O. The molecule has 88 valence electrons. The van der Waals surface area contributed by atoms with Crippen LogP contribution in [0.25, 0.3) is 10.9 Å². The Bertz CT molecular complexity index is 666. The molecule has 0 fully saturated rings. The first-order valence-electron chi connectivity index (χ1n) is 4.63. The van der Waals surface area contributed by atoms with Crippen LogP contribution in [0.15, 0.2) is 23.1 Å². The van der Waals surface area contributed by atoms with Crippen LogP contribution >= 0.6 is 11.6 Å². The average Bonchev–Trinajstić information content (AvgIpc) is 2.31. The summed E-state index contributed by atoms with van der Waals surface area (Å²) in [6.07, 6.45) is 1.18. The first-order valence-corrected chi connectivity index (χ1v) is 5.01. The molecule has 0 bridgehead atoms. The first kappa shape index (κ1) is 11.6. The Balaban J connectivity index is 2.80. The van der Waals surface area contributed by atoms with E-state index in [2.05, 4.69) is 9.72 Å². The molecule has 1 N–H and O–H groups in total. The summed E-state index contributed by atoms with van der Waals surface area (Å²) >= 11 is 5.58. The largest absolute Gasteiger partial charge is 0.465 e. The Morgan fingerprint density at radius 2 is 2.18 bits per heavy atom. The molecule has 4 nitrogen and oxygen atoms in total. The molecule has 6 heteroatoms. The van der Waals surface area contributed by atoms with Crippen LogP contribution in [0.2, 0.25) is 5.02 Å². The van der Waals surface area contributed by atoms with Gasteiger partial charge in [-0.2, -0.15) is 0 Å². The van der Waals surface area contributed by atoms with E-state index in [1.165, 1.54) is 19.4 Å². The molecule has 0 aliphatic carbocycles. The normalized spacial score (nSPS) is 10.5. The summed E-state index contributed by atoms with van der Waals surface area (Å²) in [5, 5.41) is -0.0377. The van der Waals surface area contributed by atoms with Crippen LogP contribution in [-0.4, -0.2) is 18.1 Å². The number of hydrogen-bond donors (Lipinski definition) is 1. The molecule has 1 aromatic heterocycles. The van der Waals surface area contributed by atoms with Crippen LogP contribution in [0, 0.1) is 5.82 Å². The van der Waals surface area contributed by atoms with Gasteiger partial charge in [-0.15, -0.1) is 0 Å². The number of hydrogen-bond acceptors (Lipinski definition) is 3. The van der Waals surface area contributed by atoms with Crippen molar-refractivity contribution in [3.8, 4) is 0 Å². The van der Waals surface area contributed by atoms with Gasteiger partial charge in [-0.25, -0.2) is 9.18 Å². The molecule has 0 spiro atoms. The molecule has 2 rings (SSSR count). The highest BCUT2D eigenvalue weighted by molar-refractivity contribution is 6.31. The van der Waals surface area contributed by atoms with Gasteiger partial charge in [0.2, 0.25) is 5.43 Å². The van der Waals surface area contributed by atoms with Crippen molar-refractivity contribution in [2.75, 3.05) is 7.11 Å². The zero-order valence-electron chi connectivity index (χ0n) is 8.71. The van der Waals surface area contributed by atoms with E-state index in [-0.39, 0.29) is 21.5 Å². The molecule has 0 radical (unpaired) electrons. The second kappa shape index (κ2) is 4.18. The smallest absolute Gasteiger partial charge is 0.343 e. The fourth-order valence-corrected chi connectivity index (χ4v) is 1.64. The lowest BCUT2D eigenvalue weighted by molar-refractivity contribution is 0.0599. The lowest BCUT2D eigenvalue weighted by atomic mass is 10.1. The maximum Gasteiger partial charge on any atom is 0.343 e. The third-order valence-corrected chi connectivity index (χ3v) is 2.62. The molecular formula is C11H7ClFNO3. The number of nitrogens with one attached hydrogen (secondary N) is 1. The number of aromatic nitrogens is 1. The first-order chi connectivity index (χ1) is 8.04. The van der Waals surface area contributed by atoms with Crippen molar-refractivity contribution < 1.29 is 13.9 Å². The van der Waals surface area contributed by atoms with Crippen LogP contribution in [0.4, 0.5) is 4.39 Å². The number of benzene rings is 1. The predicted octanol–water partition coefficient (Wildman–Crippen LogP) is 2.11. The Kier molecular flexibility index (Phi) is 2.85. The number of pyridine rings is 1. The molecule has 1 heterocycles. The van der Waals surface area contributed by atoms with Crippen molar-refractivity contribution in [1.82, 2.24) is 4.98 Å². The number of ether oxygens (including phenoxy) is 1. The van der Waals surface area contributed by atoms with Crippen molar-refractivity contribution in [1.29, 1.82) is 0 Å². The second-order valence-corrected chi connectivity index (χ2v) is 3.74. The number of halogens is 2. The number of methoxy groups -OCH3 is 1. The fraction of sp³-hybridized carbons (Fsp3) is 0.0909. The van der Waals surface area contributed by atoms with Crippen molar-refractivity contribution in [3.63, 3.8) is 0 Å². The van der Waals surface area contributed by atoms with E-state index >= 15 is 0 Å². The summed E-state index contributed by atoms with van der Waals surface area (Å²) < 4.78 is 17.6. The van der Waals surface area contributed by atoms with E-state index in [0.717, 1.165) is 6.07 Å². The van der Waals surface area contributed by atoms with Gasteiger partial charge in [-0.3, -0.25) is 4.79 Å². The Labute approximate surface area is 100.0 Å². The van der Waals surface area contributed by atoms with Gasteiger partial charge in [0.15, 0.2) is 0 Å². The van der Waals surface area contributed by atoms with Crippen molar-refractivity contribution in [3.05, 3.63) is 45.0 Å². The zero-order chi connectivity index (χ0) is 12.6. The fourth-order valence-electron chi connectivity index (χ4n) is 1.48. The molecule has 2 aromatic rings. The number of esters is 1. The highest BCUT2D eigenvalue weighted by atomic mass is 35.5. The van der Waals surface area contributed by atoms with Crippen molar-refractivity contribution >= 4 is 28.5 Å². The maximum atomic E-state index is 13.2. The third kappa shape index (κ3) is 1.89. The number of rotatable bonds is 1. The quantitative estimate of drug-likeness (QED) is 0.794. The van der Waals surface area contributed by atoms with Crippen LogP contribution in [0.3, 0.4) is 0 Å². The minimum atomic E-state index is -0.756. The summed E-state index contributed by atoms with van der Waals surface area (Å²) in [6, 6.07) is 2.28. The summed E-state index contributed by atoms with van der Waals surface area (Å²) in [7, 11) is 1.17. The number of aromatic amines is 1. The van der Waals surface area contributed by atoms with Gasteiger partial charge < -0.3 is 9.72 Å². The Hall–Kier alpha value is -1.88. The molecule has 0 atom stereocenters. The van der Waals surface area contributed by atoms with Gasteiger partial charge in [-0.05, 0) is 12.1 Å². The van der Waals surface area contributed by atoms with Crippen LogP contribution in [0.1, 0.15) is 10.4 Å². The molecule has 0 unspecified atom stereocenters. The minimum Gasteiger partial charge on any atom is -0.465 e. The van der Waals surface area contributed by atoms with E-state index in [1.807, 2.05) is 0 Å². The van der Waals surface area contributed by atoms with Gasteiger partial charge >= 0.3 is 5.97 Å². The van der Waals surface area contributed by atoms with Crippen molar-refractivity contribution in [2.45, 2.75) is 0 Å². The van der Waals surface area contributed by atoms with Gasteiger partial charge in [0.25, 0.3) is 0 Å². The Morgan fingerprint density at radius 1 is 1.47 bits per heavy atom. The van der Waals surface area contributed by atoms with E-state index in [0.29, 0.717) is 0 Å². The van der Waals surface area contributed by atoms with Gasteiger partial charge in [-0.1, -0.05) is 11.6 Å². The predicted molar refractivity (Wildman–Crippen MR) is 60.9 cm³/mol. The maximum absolute atomic E-state index is 13.2. The third-order valence-electron chi connectivity index (χ3n) is 2.33. The highest BCUT2D eigenvalue weighted by Gasteiger charge is 2.14. The number of H-pyrrole nitrogens is 1. The molecular weight excluding hydrogens is 249 g/mol. The van der Waals surface area contributed by atoms with Crippen LogP contribution in [-0.2, 0) is 4.74 Å². The summed E-state index contributed by atoms with van der Waals surface area (Å²) in [4.78, 5) is 25.8. The minimum absolute atomic E-state index is 0.138. The number of fused-ring (bicyclic) bond motifs is 1. The van der Waals surface area contributed by atoms with E-state index in [1.54, 1.807) is 0 Å². The molecule has 0 saturated carbocycles. The summed E-state index contributed by atoms with van der Waals surface area (Å²) in [6.45, 7) is 0. The van der Waals surface area contributed by atoms with E-state index < -0.39 is 17.2 Å². The summed E-state index contributed by atoms with van der Waals surface area (Å²) in [5.41, 5.74) is -0.431. The standard InChI is InChI=1S/C11H7ClFNO3/c1-17-11(16)6-4-14-9-3-8(13)7(12)2-5(9)10(6)15/h2-4H,1H3,(H,14,15). The number of carbonyl (C=O) groups is 1. The molecule has 0 amide bonds. The molecule has 0 saturated heterocycles. The lowest BCUT2D eigenvalue weighted by Crippen LogP contribution is -2.17. The molecule has 0 aliphatic rings. The Morgan fingerprint density at radius 3 is 2.82 bits per heavy atom. The number of carbonyl (C=O) groups excluding carboxylic acids is 1. The second-order valence-electron chi connectivity index (χ2n) is 3.33. The van der Waals surface area contributed by atoms with Crippen LogP contribution in [0.5, 0.6) is 0 Å². The zero-order valence-corrected chi connectivity index (χ0v) is 9.47. The highest BCUT2D eigenvalue weighted by Crippen LogP contribution is 2.19. The van der Waals surface area contributed by atoms with Gasteiger partial charge in [0.1, 0.15) is 11.4 Å². The molecule has 0 aliphatic heterocycles. The molecule has 17 heavy (non-hydrogen) atoms. The van der Waals surface area contributed by atoms with Gasteiger partial charge in [0, 0.05) is 11.6 Å². The topological polar surface area (TPSA) is 59.2 Å². The van der Waals surface area contributed by atoms with Crippen molar-refractivity contribution in [2.24, 2.45) is 0 Å². The van der Waals surface area contributed by atoms with E-state index in [4.69, 9.17) is 11.6 Å². The lowest BCUT2D eigenvalue weighted by Gasteiger charge is -2.03. The monoisotopic (exact) mass is 255 g/mol. The average molecular weight is 256 g/mol. The summed E-state index contributed by atoms with van der Waals surface area (Å²) in [5.74, 6) is -1.39.